The third-order valence-corrected chi connectivity index (χ3v) is 4.00. The minimum absolute atomic E-state index is 0.105. The number of rotatable bonds is 3. The van der Waals surface area contributed by atoms with Crippen molar-refractivity contribution in [1.29, 1.82) is 0 Å². The Bertz CT molecular complexity index is 606. The summed E-state index contributed by atoms with van der Waals surface area (Å²) in [5.74, 6) is 0.904. The van der Waals surface area contributed by atoms with Gasteiger partial charge in [0.05, 0.1) is 5.56 Å². The van der Waals surface area contributed by atoms with E-state index in [1.165, 1.54) is 11.3 Å². The third-order valence-electron chi connectivity index (χ3n) is 2.66. The molecule has 0 saturated carbocycles. The number of carbonyl (C=O) groups excluding carboxylic acids is 1. The van der Waals surface area contributed by atoms with Crippen molar-refractivity contribution in [2.24, 2.45) is 5.41 Å². The van der Waals surface area contributed by atoms with Crippen LogP contribution >= 0.6 is 22.9 Å². The quantitative estimate of drug-likeness (QED) is 0.905. The van der Waals surface area contributed by atoms with E-state index in [-0.39, 0.29) is 11.3 Å². The van der Waals surface area contributed by atoms with Gasteiger partial charge in [0, 0.05) is 12.5 Å². The van der Waals surface area contributed by atoms with E-state index in [0.717, 1.165) is 17.7 Å². The average molecular weight is 313 g/mol. The largest absolute Gasteiger partial charge is 0.359 e. The highest BCUT2D eigenvalue weighted by Gasteiger charge is 2.19. The van der Waals surface area contributed by atoms with Crippen molar-refractivity contribution in [2.75, 3.05) is 5.32 Å². The molecule has 0 aliphatic carbocycles. The van der Waals surface area contributed by atoms with Crippen molar-refractivity contribution in [3.63, 3.8) is 0 Å². The van der Waals surface area contributed by atoms with Crippen LogP contribution in [0.25, 0.3) is 0 Å². The number of hydrogen-bond donors (Lipinski definition) is 1. The van der Waals surface area contributed by atoms with Crippen LogP contribution in [0, 0.1) is 12.3 Å². The van der Waals surface area contributed by atoms with E-state index in [2.05, 4.69) is 31.2 Å². The molecule has 0 atom stereocenters. The summed E-state index contributed by atoms with van der Waals surface area (Å²) in [5.41, 5.74) is 1.46. The topological polar surface area (TPSA) is 55.1 Å². The normalized spacial score (nSPS) is 11.7. The maximum atomic E-state index is 12.1. The van der Waals surface area contributed by atoms with Gasteiger partial charge in [-0.1, -0.05) is 37.5 Å². The molecule has 0 saturated heterocycles. The van der Waals surface area contributed by atoms with Crippen molar-refractivity contribution < 1.29 is 9.32 Å². The molecule has 4 nitrogen and oxygen atoms in total. The summed E-state index contributed by atoms with van der Waals surface area (Å²) in [6.45, 7) is 8.19. The minimum atomic E-state index is -0.260. The minimum Gasteiger partial charge on any atom is -0.359 e. The van der Waals surface area contributed by atoms with Gasteiger partial charge in [-0.25, -0.2) is 0 Å². The zero-order valence-electron chi connectivity index (χ0n) is 11.9. The van der Waals surface area contributed by atoms with E-state index in [0.29, 0.717) is 15.7 Å². The van der Waals surface area contributed by atoms with Gasteiger partial charge in [-0.15, -0.1) is 11.3 Å². The number of hydrogen-bond acceptors (Lipinski definition) is 4. The van der Waals surface area contributed by atoms with E-state index in [9.17, 15) is 4.79 Å². The van der Waals surface area contributed by atoms with E-state index < -0.39 is 0 Å². The van der Waals surface area contributed by atoms with Crippen LogP contribution < -0.4 is 5.32 Å². The Morgan fingerprint density at radius 1 is 1.50 bits per heavy atom. The first-order chi connectivity index (χ1) is 9.26. The Labute approximate surface area is 127 Å². The zero-order valence-corrected chi connectivity index (χ0v) is 13.5. The van der Waals surface area contributed by atoms with E-state index in [4.69, 9.17) is 16.1 Å². The summed E-state index contributed by atoms with van der Waals surface area (Å²) >= 11 is 7.36. The number of aromatic nitrogens is 1. The zero-order chi connectivity index (χ0) is 14.9. The molecular formula is C14H17ClN2O2S. The van der Waals surface area contributed by atoms with Gasteiger partial charge in [-0.3, -0.25) is 4.79 Å². The van der Waals surface area contributed by atoms with Gasteiger partial charge in [-0.2, -0.15) is 0 Å². The highest BCUT2D eigenvalue weighted by Crippen LogP contribution is 2.28. The molecule has 6 heteroatoms. The van der Waals surface area contributed by atoms with Gasteiger partial charge in [0.2, 0.25) is 0 Å². The summed E-state index contributed by atoms with van der Waals surface area (Å²) in [6, 6.07) is 1.75. The SMILES string of the molecule is Cc1csc(Cl)c1C(=O)Nc1cc(CC(C)(C)C)on1. The van der Waals surface area contributed by atoms with Crippen LogP contribution in [-0.4, -0.2) is 11.1 Å². The van der Waals surface area contributed by atoms with Crippen LogP contribution in [0.4, 0.5) is 5.82 Å². The monoisotopic (exact) mass is 312 g/mol. The number of anilines is 1. The molecule has 0 unspecified atom stereocenters. The molecule has 2 aromatic heterocycles. The molecule has 0 radical (unpaired) electrons. The molecule has 0 aliphatic heterocycles. The smallest absolute Gasteiger partial charge is 0.259 e. The van der Waals surface area contributed by atoms with Gasteiger partial charge in [0.15, 0.2) is 5.82 Å². The van der Waals surface area contributed by atoms with Gasteiger partial charge in [0.1, 0.15) is 10.1 Å². The van der Waals surface area contributed by atoms with Crippen LogP contribution in [0.5, 0.6) is 0 Å². The van der Waals surface area contributed by atoms with Crippen molar-refractivity contribution in [3.8, 4) is 0 Å². The number of nitrogens with one attached hydrogen (secondary N) is 1. The summed E-state index contributed by atoms with van der Waals surface area (Å²) in [6.07, 6.45) is 0.758. The highest BCUT2D eigenvalue weighted by molar-refractivity contribution is 7.15. The van der Waals surface area contributed by atoms with Crippen LogP contribution in [0.2, 0.25) is 4.34 Å². The number of thiophene rings is 1. The maximum Gasteiger partial charge on any atom is 0.259 e. The van der Waals surface area contributed by atoms with Gasteiger partial charge in [0.25, 0.3) is 5.91 Å². The van der Waals surface area contributed by atoms with Crippen molar-refractivity contribution in [2.45, 2.75) is 34.1 Å². The average Bonchev–Trinajstić information content (AvgIpc) is 2.84. The lowest BCUT2D eigenvalue weighted by Crippen LogP contribution is -2.12. The number of carbonyl (C=O) groups is 1. The number of halogens is 1. The molecule has 2 rings (SSSR count). The third kappa shape index (κ3) is 3.61. The number of nitrogens with zero attached hydrogens (tertiary/aromatic N) is 1. The molecule has 1 N–H and O–H groups in total. The van der Waals surface area contributed by atoms with Gasteiger partial charge < -0.3 is 9.84 Å². The molecule has 20 heavy (non-hydrogen) atoms. The van der Waals surface area contributed by atoms with Crippen molar-refractivity contribution in [3.05, 3.63) is 32.7 Å². The lowest BCUT2D eigenvalue weighted by molar-refractivity contribution is 0.102. The fourth-order valence-electron chi connectivity index (χ4n) is 1.84. The predicted molar refractivity (Wildman–Crippen MR) is 81.7 cm³/mol. The van der Waals surface area contributed by atoms with Gasteiger partial charge in [-0.05, 0) is 23.3 Å². The molecule has 1 amide bonds. The summed E-state index contributed by atoms with van der Waals surface area (Å²) in [5, 5.41) is 8.43. The van der Waals surface area contributed by atoms with E-state index >= 15 is 0 Å². The lowest BCUT2D eigenvalue weighted by Gasteiger charge is -2.14. The summed E-state index contributed by atoms with van der Waals surface area (Å²) in [4.78, 5) is 12.1. The first-order valence-electron chi connectivity index (χ1n) is 6.27. The van der Waals surface area contributed by atoms with Crippen LogP contribution in [-0.2, 0) is 6.42 Å². The van der Waals surface area contributed by atoms with E-state index in [1.54, 1.807) is 6.07 Å². The second kappa shape index (κ2) is 5.58. The van der Waals surface area contributed by atoms with Crippen LogP contribution in [0.1, 0.15) is 42.5 Å². The molecular weight excluding hydrogens is 296 g/mol. The second-order valence-electron chi connectivity index (χ2n) is 5.94. The van der Waals surface area contributed by atoms with Crippen LogP contribution in [0.3, 0.4) is 0 Å². The fraction of sp³-hybridized carbons (Fsp3) is 0.429. The molecule has 2 aromatic rings. The molecule has 0 spiro atoms. The Balaban J connectivity index is 2.09. The van der Waals surface area contributed by atoms with Crippen LogP contribution in [0.15, 0.2) is 16.0 Å². The molecule has 108 valence electrons. The van der Waals surface area contributed by atoms with Crippen molar-refractivity contribution in [1.82, 2.24) is 5.16 Å². The maximum absolute atomic E-state index is 12.1. The molecule has 2 heterocycles. The Morgan fingerprint density at radius 2 is 2.20 bits per heavy atom. The summed E-state index contributed by atoms with van der Waals surface area (Å²) < 4.78 is 5.71. The first kappa shape index (κ1) is 15.1. The standard InChI is InChI=1S/C14H17ClN2O2S/c1-8-7-20-12(15)11(8)13(18)16-10-5-9(19-17-10)6-14(2,3)4/h5,7H,6H2,1-4H3,(H,16,17,18). The van der Waals surface area contributed by atoms with Crippen molar-refractivity contribution >= 4 is 34.7 Å². The Kier molecular flexibility index (Phi) is 4.20. The lowest BCUT2D eigenvalue weighted by atomic mass is 9.91. The molecule has 0 aromatic carbocycles. The van der Waals surface area contributed by atoms with Gasteiger partial charge >= 0.3 is 0 Å². The fourth-order valence-corrected chi connectivity index (χ4v) is 2.98. The Morgan fingerprint density at radius 3 is 2.75 bits per heavy atom. The predicted octanol–water partition coefficient (Wildman–Crippen LogP) is 4.54. The summed E-state index contributed by atoms with van der Waals surface area (Å²) in [7, 11) is 0. The molecule has 0 bridgehead atoms. The molecule has 0 fully saturated rings. The first-order valence-corrected chi connectivity index (χ1v) is 7.52. The molecule has 0 aliphatic rings. The highest BCUT2D eigenvalue weighted by atomic mass is 35.5. The van der Waals surface area contributed by atoms with E-state index in [1.807, 2.05) is 12.3 Å². The number of aryl methyl sites for hydroxylation is 1. The Hall–Kier alpha value is -1.33. The number of amides is 1. The second-order valence-corrected chi connectivity index (χ2v) is 7.42.